The van der Waals surface area contributed by atoms with E-state index in [1.54, 1.807) is 23.5 Å². The van der Waals surface area contributed by atoms with E-state index in [9.17, 15) is 0 Å². The number of pyridine rings is 1. The average Bonchev–Trinajstić information content (AvgIpc) is 3.11. The summed E-state index contributed by atoms with van der Waals surface area (Å²) in [7, 11) is 0. The Bertz CT molecular complexity index is 872. The van der Waals surface area contributed by atoms with Crippen molar-refractivity contribution in [3.63, 3.8) is 0 Å². The zero-order valence-electron chi connectivity index (χ0n) is 11.6. The number of aromatic nitrogens is 4. The summed E-state index contributed by atoms with van der Waals surface area (Å²) < 4.78 is 0. The first-order chi connectivity index (χ1) is 10.8. The smallest absolute Gasteiger partial charge is 0.189 e. The molecule has 3 aromatic heterocycles. The Balaban J connectivity index is 1.69. The highest BCUT2D eigenvalue weighted by Gasteiger charge is 2.20. The molecule has 0 aromatic carbocycles. The number of fused-ring (bicyclic) bond motifs is 3. The van der Waals surface area contributed by atoms with Crippen molar-refractivity contribution in [2.45, 2.75) is 19.3 Å². The molecule has 0 radical (unpaired) electrons. The second kappa shape index (κ2) is 5.24. The highest BCUT2D eigenvalue weighted by molar-refractivity contribution is 7.16. The Labute approximate surface area is 130 Å². The minimum absolute atomic E-state index is 0.389. The van der Waals surface area contributed by atoms with E-state index in [1.807, 2.05) is 18.3 Å². The van der Waals surface area contributed by atoms with Gasteiger partial charge in [-0.3, -0.25) is 5.10 Å². The van der Waals surface area contributed by atoms with Gasteiger partial charge in [-0.05, 0) is 31.4 Å². The van der Waals surface area contributed by atoms with Crippen LogP contribution in [0.4, 0.5) is 10.9 Å². The molecule has 1 aliphatic rings. The maximum atomic E-state index is 8.91. The van der Waals surface area contributed by atoms with Gasteiger partial charge in [0.15, 0.2) is 5.13 Å². The number of aryl methyl sites for hydroxylation is 2. The van der Waals surface area contributed by atoms with Crippen molar-refractivity contribution < 1.29 is 0 Å². The van der Waals surface area contributed by atoms with E-state index >= 15 is 0 Å². The fourth-order valence-electron chi connectivity index (χ4n) is 2.59. The van der Waals surface area contributed by atoms with Gasteiger partial charge in [-0.25, -0.2) is 9.97 Å². The van der Waals surface area contributed by atoms with E-state index in [0.29, 0.717) is 11.5 Å². The largest absolute Gasteiger partial charge is 0.316 e. The first-order valence-electron chi connectivity index (χ1n) is 7.00. The van der Waals surface area contributed by atoms with Crippen LogP contribution < -0.4 is 5.32 Å². The average molecular weight is 308 g/mol. The first-order valence-corrected chi connectivity index (χ1v) is 7.81. The summed E-state index contributed by atoms with van der Waals surface area (Å²) in [5.74, 6) is 0.635. The number of H-pyrrole nitrogens is 1. The topological polar surface area (TPSA) is 90.3 Å². The van der Waals surface area contributed by atoms with E-state index in [2.05, 4.69) is 20.5 Å². The molecule has 6 nitrogen and oxygen atoms in total. The van der Waals surface area contributed by atoms with Crippen molar-refractivity contribution >= 4 is 22.3 Å². The lowest BCUT2D eigenvalue weighted by atomic mass is 10.2. The number of nitrogens with one attached hydrogen (secondary N) is 2. The number of hydrogen-bond acceptors (Lipinski definition) is 6. The molecule has 3 aromatic rings. The van der Waals surface area contributed by atoms with Crippen molar-refractivity contribution in [2.24, 2.45) is 0 Å². The molecule has 0 unspecified atom stereocenters. The zero-order chi connectivity index (χ0) is 14.9. The minimum Gasteiger partial charge on any atom is -0.316 e. The number of rotatable bonds is 2. The van der Waals surface area contributed by atoms with E-state index in [0.717, 1.165) is 41.3 Å². The summed E-state index contributed by atoms with van der Waals surface area (Å²) in [5, 5.41) is 20.1. The van der Waals surface area contributed by atoms with Gasteiger partial charge in [-0.1, -0.05) is 6.07 Å². The van der Waals surface area contributed by atoms with Crippen LogP contribution in [0.15, 0.2) is 24.4 Å². The summed E-state index contributed by atoms with van der Waals surface area (Å²) in [5.41, 5.74) is 3.64. The van der Waals surface area contributed by atoms with Gasteiger partial charge in [0.1, 0.15) is 17.6 Å². The normalized spacial score (nSPS) is 12.9. The fourth-order valence-corrected chi connectivity index (χ4v) is 3.62. The Morgan fingerprint density at radius 2 is 2.23 bits per heavy atom. The minimum atomic E-state index is 0.389. The lowest BCUT2D eigenvalue weighted by Crippen LogP contribution is -1.94. The number of aromatic amines is 1. The monoisotopic (exact) mass is 308 g/mol. The third kappa shape index (κ3) is 2.23. The summed E-state index contributed by atoms with van der Waals surface area (Å²) >= 11 is 1.64. The zero-order valence-corrected chi connectivity index (χ0v) is 12.4. The van der Waals surface area contributed by atoms with Gasteiger partial charge in [-0.2, -0.15) is 10.4 Å². The standard InChI is InChI=1S/C15H12N6S/c16-7-9-3-1-6-13(18-9)19-15-20-14-10-8-17-21-11(10)4-2-5-12(14)22-15/h1,3,6,8H,2,4-5H2,(H,17,21)(H,18,19,20). The van der Waals surface area contributed by atoms with E-state index in [1.165, 1.54) is 4.88 Å². The molecule has 22 heavy (non-hydrogen) atoms. The van der Waals surface area contributed by atoms with E-state index < -0.39 is 0 Å². The van der Waals surface area contributed by atoms with Crippen LogP contribution in [-0.4, -0.2) is 20.2 Å². The Morgan fingerprint density at radius 3 is 3.14 bits per heavy atom. The van der Waals surface area contributed by atoms with Gasteiger partial charge in [-0.15, -0.1) is 11.3 Å². The van der Waals surface area contributed by atoms with Crippen LogP contribution in [0, 0.1) is 11.3 Å². The molecular formula is C15H12N6S. The van der Waals surface area contributed by atoms with Crippen molar-refractivity contribution in [3.8, 4) is 17.3 Å². The maximum Gasteiger partial charge on any atom is 0.189 e. The Kier molecular flexibility index (Phi) is 3.09. The maximum absolute atomic E-state index is 8.91. The second-order valence-corrected chi connectivity index (χ2v) is 6.14. The molecule has 0 aliphatic heterocycles. The summed E-state index contributed by atoms with van der Waals surface area (Å²) in [6.07, 6.45) is 4.96. The lowest BCUT2D eigenvalue weighted by Gasteiger charge is -2.01. The fraction of sp³-hybridized carbons (Fsp3) is 0.200. The summed E-state index contributed by atoms with van der Waals surface area (Å²) in [4.78, 5) is 10.2. The molecule has 0 amide bonds. The molecule has 0 saturated carbocycles. The third-order valence-corrected chi connectivity index (χ3v) is 4.63. The molecule has 4 rings (SSSR count). The summed E-state index contributed by atoms with van der Waals surface area (Å²) in [6, 6.07) is 7.36. The predicted molar refractivity (Wildman–Crippen MR) is 84.0 cm³/mol. The SMILES string of the molecule is N#Cc1cccc(Nc2nc3c(s2)CCCc2[nH]ncc2-3)n1. The molecule has 0 fully saturated rings. The molecule has 0 bridgehead atoms. The van der Waals surface area contributed by atoms with Gasteiger partial charge in [0.05, 0.1) is 11.9 Å². The van der Waals surface area contributed by atoms with Crippen molar-refractivity contribution in [1.82, 2.24) is 20.2 Å². The molecular weight excluding hydrogens is 296 g/mol. The van der Waals surface area contributed by atoms with Crippen LogP contribution in [-0.2, 0) is 12.8 Å². The molecule has 7 heteroatoms. The lowest BCUT2D eigenvalue weighted by molar-refractivity contribution is 0.811. The van der Waals surface area contributed by atoms with Crippen molar-refractivity contribution in [3.05, 3.63) is 40.7 Å². The van der Waals surface area contributed by atoms with Crippen LogP contribution in [0.5, 0.6) is 0 Å². The molecule has 0 atom stereocenters. The molecule has 3 heterocycles. The van der Waals surface area contributed by atoms with Crippen LogP contribution >= 0.6 is 11.3 Å². The second-order valence-electron chi connectivity index (χ2n) is 5.05. The summed E-state index contributed by atoms with van der Waals surface area (Å²) in [6.45, 7) is 0. The van der Waals surface area contributed by atoms with Gasteiger partial charge in [0.25, 0.3) is 0 Å². The molecule has 0 spiro atoms. The quantitative estimate of drug-likeness (QED) is 0.759. The molecule has 1 aliphatic carbocycles. The Hall–Kier alpha value is -2.72. The van der Waals surface area contributed by atoms with Gasteiger partial charge < -0.3 is 5.32 Å². The third-order valence-electron chi connectivity index (χ3n) is 3.60. The van der Waals surface area contributed by atoms with Crippen LogP contribution in [0.1, 0.15) is 22.7 Å². The number of anilines is 2. The number of nitrogens with zero attached hydrogens (tertiary/aromatic N) is 4. The predicted octanol–water partition coefficient (Wildman–Crippen LogP) is 3.03. The van der Waals surface area contributed by atoms with Crippen molar-refractivity contribution in [2.75, 3.05) is 5.32 Å². The number of nitriles is 1. The van der Waals surface area contributed by atoms with Crippen molar-refractivity contribution in [1.29, 1.82) is 5.26 Å². The van der Waals surface area contributed by atoms with Crippen LogP contribution in [0.25, 0.3) is 11.3 Å². The first kappa shape index (κ1) is 13.0. The molecule has 108 valence electrons. The number of thiazole rings is 1. The highest BCUT2D eigenvalue weighted by atomic mass is 32.1. The van der Waals surface area contributed by atoms with Crippen LogP contribution in [0.3, 0.4) is 0 Å². The van der Waals surface area contributed by atoms with Gasteiger partial charge in [0.2, 0.25) is 0 Å². The van der Waals surface area contributed by atoms with E-state index in [-0.39, 0.29) is 0 Å². The van der Waals surface area contributed by atoms with E-state index in [4.69, 9.17) is 10.2 Å². The molecule has 2 N–H and O–H groups in total. The van der Waals surface area contributed by atoms with Crippen LogP contribution in [0.2, 0.25) is 0 Å². The highest BCUT2D eigenvalue weighted by Crippen LogP contribution is 2.37. The molecule has 0 saturated heterocycles. The van der Waals surface area contributed by atoms with Gasteiger partial charge >= 0.3 is 0 Å². The Morgan fingerprint density at radius 1 is 1.27 bits per heavy atom. The van der Waals surface area contributed by atoms with Gasteiger partial charge in [0, 0.05) is 16.1 Å². The number of hydrogen-bond donors (Lipinski definition) is 2.